The maximum Gasteiger partial charge on any atom is 0.203 e. The van der Waals surface area contributed by atoms with Crippen LogP contribution < -0.4 is 15.5 Å². The second-order valence-corrected chi connectivity index (χ2v) is 9.23. The molecule has 0 unspecified atom stereocenters. The Balaban J connectivity index is 1.40. The summed E-state index contributed by atoms with van der Waals surface area (Å²) in [6.07, 6.45) is 4.67. The predicted octanol–water partition coefficient (Wildman–Crippen LogP) is 3.36. The van der Waals surface area contributed by atoms with E-state index in [4.69, 9.17) is 4.98 Å². The number of aromatic nitrogens is 5. The number of anilines is 2. The van der Waals surface area contributed by atoms with Gasteiger partial charge in [-0.15, -0.1) is 10.2 Å². The Bertz CT molecular complexity index is 1380. The number of rotatable bonds is 4. The molecule has 2 aliphatic heterocycles. The van der Waals surface area contributed by atoms with E-state index in [2.05, 4.69) is 30.8 Å². The van der Waals surface area contributed by atoms with E-state index in [0.29, 0.717) is 59.7 Å². The molecule has 0 bridgehead atoms. The largest absolute Gasteiger partial charge is 0.380 e. The topological polar surface area (TPSA) is 83.3 Å². The molecule has 176 valence electrons. The summed E-state index contributed by atoms with van der Waals surface area (Å²) >= 11 is 0. The summed E-state index contributed by atoms with van der Waals surface area (Å²) in [5.41, 5.74) is 3.15. The van der Waals surface area contributed by atoms with E-state index in [-0.39, 0.29) is 12.4 Å². The summed E-state index contributed by atoms with van der Waals surface area (Å²) in [5.74, 6) is 0.112. The minimum Gasteiger partial charge on any atom is -0.380 e. The fourth-order valence-corrected chi connectivity index (χ4v) is 4.98. The average molecular weight is 465 g/mol. The zero-order chi connectivity index (χ0) is 23.3. The standard InChI is InChI=1S/C24H26F2N8/c1-33-12-2-3-16-20(33)13-29-34-22(16)31-32-23(34)19-6-4-15-17(25)5-7-18(21(15)30-19)28-14-24(26)8-10-27-11-9-24/h4-7,13,27-28H,2-3,8-12,14H2,1H3. The van der Waals surface area contributed by atoms with Crippen LogP contribution in [0.15, 0.2) is 30.5 Å². The second-order valence-electron chi connectivity index (χ2n) is 9.23. The quantitative estimate of drug-likeness (QED) is 0.479. The van der Waals surface area contributed by atoms with Crippen LogP contribution in [0.4, 0.5) is 20.2 Å². The second kappa shape index (κ2) is 8.12. The summed E-state index contributed by atoms with van der Waals surface area (Å²) in [6, 6.07) is 6.41. The van der Waals surface area contributed by atoms with Crippen LogP contribution in [0, 0.1) is 5.82 Å². The van der Waals surface area contributed by atoms with Gasteiger partial charge in [0.15, 0.2) is 5.65 Å². The number of hydrogen-bond acceptors (Lipinski definition) is 7. The number of pyridine rings is 1. The molecule has 3 aromatic heterocycles. The molecule has 8 nitrogen and oxygen atoms in total. The molecule has 6 rings (SSSR count). The molecule has 0 spiro atoms. The molecule has 1 fully saturated rings. The molecule has 0 saturated carbocycles. The van der Waals surface area contributed by atoms with E-state index in [9.17, 15) is 4.39 Å². The maximum atomic E-state index is 15.1. The molecule has 0 radical (unpaired) electrons. The predicted molar refractivity (Wildman–Crippen MR) is 128 cm³/mol. The first kappa shape index (κ1) is 21.2. The summed E-state index contributed by atoms with van der Waals surface area (Å²) in [5, 5.41) is 20.1. The highest BCUT2D eigenvalue weighted by molar-refractivity contribution is 5.92. The third-order valence-corrected chi connectivity index (χ3v) is 6.98. The van der Waals surface area contributed by atoms with Gasteiger partial charge in [0.1, 0.15) is 17.2 Å². The molecule has 5 heterocycles. The molecule has 4 aromatic rings. The number of benzene rings is 1. The van der Waals surface area contributed by atoms with Crippen molar-refractivity contribution < 1.29 is 8.78 Å². The molecule has 0 atom stereocenters. The van der Waals surface area contributed by atoms with E-state index in [1.54, 1.807) is 22.7 Å². The van der Waals surface area contributed by atoms with Gasteiger partial charge in [-0.25, -0.2) is 13.8 Å². The van der Waals surface area contributed by atoms with Gasteiger partial charge in [-0.3, -0.25) is 0 Å². The SMILES string of the molecule is CN1CCCc2c1cnn1c(-c3ccc4c(F)ccc(NCC5(F)CCNCC5)c4n3)nnc21. The number of nitrogens with zero attached hydrogens (tertiary/aromatic N) is 6. The molecule has 1 saturated heterocycles. The van der Waals surface area contributed by atoms with Gasteiger partial charge in [0.2, 0.25) is 5.82 Å². The maximum absolute atomic E-state index is 15.1. The number of nitrogens with one attached hydrogen (secondary N) is 2. The zero-order valence-electron chi connectivity index (χ0n) is 19.0. The fourth-order valence-electron chi connectivity index (χ4n) is 4.98. The lowest BCUT2D eigenvalue weighted by molar-refractivity contribution is 0.131. The molecule has 0 amide bonds. The Labute approximate surface area is 195 Å². The minimum absolute atomic E-state index is 0.149. The molecular formula is C24H26F2N8. The third kappa shape index (κ3) is 3.53. The van der Waals surface area contributed by atoms with Crippen molar-refractivity contribution in [3.8, 4) is 11.5 Å². The van der Waals surface area contributed by atoms with E-state index in [1.807, 2.05) is 13.2 Å². The number of alkyl halides is 1. The molecule has 10 heteroatoms. The highest BCUT2D eigenvalue weighted by Gasteiger charge is 2.31. The van der Waals surface area contributed by atoms with Gasteiger partial charge >= 0.3 is 0 Å². The summed E-state index contributed by atoms with van der Waals surface area (Å²) in [4.78, 5) is 6.91. The van der Waals surface area contributed by atoms with E-state index < -0.39 is 5.67 Å². The first-order valence-electron chi connectivity index (χ1n) is 11.7. The van der Waals surface area contributed by atoms with Crippen molar-refractivity contribution in [2.24, 2.45) is 0 Å². The van der Waals surface area contributed by atoms with Crippen molar-refractivity contribution in [3.05, 3.63) is 41.8 Å². The Morgan fingerprint density at radius 2 is 2.00 bits per heavy atom. The fraction of sp³-hybridized carbons (Fsp3) is 0.417. The molecular weight excluding hydrogens is 438 g/mol. The Kier molecular flexibility index (Phi) is 5.05. The van der Waals surface area contributed by atoms with Gasteiger partial charge in [0.25, 0.3) is 0 Å². The number of hydrogen-bond donors (Lipinski definition) is 2. The molecule has 0 aliphatic carbocycles. The zero-order valence-corrected chi connectivity index (χ0v) is 19.0. The molecule has 34 heavy (non-hydrogen) atoms. The average Bonchev–Trinajstić information content (AvgIpc) is 3.29. The Morgan fingerprint density at radius 1 is 1.15 bits per heavy atom. The summed E-state index contributed by atoms with van der Waals surface area (Å²) in [7, 11) is 2.05. The first-order chi connectivity index (χ1) is 16.5. The van der Waals surface area contributed by atoms with Crippen molar-refractivity contribution in [2.75, 3.05) is 43.4 Å². The van der Waals surface area contributed by atoms with E-state index in [1.165, 1.54) is 6.07 Å². The normalized spacial score (nSPS) is 17.8. The van der Waals surface area contributed by atoms with Crippen LogP contribution in [0.5, 0.6) is 0 Å². The third-order valence-electron chi connectivity index (χ3n) is 6.98. The van der Waals surface area contributed by atoms with Crippen LogP contribution in [0.25, 0.3) is 28.1 Å². The summed E-state index contributed by atoms with van der Waals surface area (Å²) < 4.78 is 31.4. The first-order valence-corrected chi connectivity index (χ1v) is 11.7. The minimum atomic E-state index is -1.30. The Morgan fingerprint density at radius 3 is 2.85 bits per heavy atom. The highest BCUT2D eigenvalue weighted by Crippen LogP contribution is 2.32. The van der Waals surface area contributed by atoms with E-state index in [0.717, 1.165) is 30.6 Å². The van der Waals surface area contributed by atoms with Gasteiger partial charge in [0.05, 0.1) is 23.1 Å². The van der Waals surface area contributed by atoms with Crippen LogP contribution in [0.2, 0.25) is 0 Å². The lowest BCUT2D eigenvalue weighted by Gasteiger charge is -2.30. The van der Waals surface area contributed by atoms with Crippen LogP contribution in [0.3, 0.4) is 0 Å². The monoisotopic (exact) mass is 464 g/mol. The van der Waals surface area contributed by atoms with Crippen LogP contribution in [0.1, 0.15) is 24.8 Å². The molecule has 2 aliphatic rings. The van der Waals surface area contributed by atoms with Gasteiger partial charge in [-0.2, -0.15) is 9.61 Å². The van der Waals surface area contributed by atoms with Crippen LogP contribution in [-0.4, -0.2) is 63.7 Å². The van der Waals surface area contributed by atoms with Crippen molar-refractivity contribution in [3.63, 3.8) is 0 Å². The number of piperidine rings is 1. The van der Waals surface area contributed by atoms with Gasteiger partial charge < -0.3 is 15.5 Å². The number of halogens is 2. The van der Waals surface area contributed by atoms with Crippen LogP contribution in [-0.2, 0) is 6.42 Å². The lowest BCUT2D eigenvalue weighted by atomic mass is 9.94. The van der Waals surface area contributed by atoms with Crippen molar-refractivity contribution in [1.29, 1.82) is 0 Å². The van der Waals surface area contributed by atoms with Gasteiger partial charge in [0, 0.05) is 31.1 Å². The highest BCUT2D eigenvalue weighted by atomic mass is 19.1. The smallest absolute Gasteiger partial charge is 0.203 e. The number of fused-ring (bicyclic) bond motifs is 4. The van der Waals surface area contributed by atoms with Crippen LogP contribution >= 0.6 is 0 Å². The van der Waals surface area contributed by atoms with E-state index >= 15 is 4.39 Å². The number of aryl methyl sites for hydroxylation is 1. The lowest BCUT2D eigenvalue weighted by Crippen LogP contribution is -2.43. The van der Waals surface area contributed by atoms with Crippen molar-refractivity contribution >= 4 is 27.9 Å². The summed E-state index contributed by atoms with van der Waals surface area (Å²) in [6.45, 7) is 2.43. The van der Waals surface area contributed by atoms with Gasteiger partial charge in [-0.1, -0.05) is 0 Å². The van der Waals surface area contributed by atoms with Crippen molar-refractivity contribution in [2.45, 2.75) is 31.4 Å². The molecule has 1 aromatic carbocycles. The molecule has 2 N–H and O–H groups in total. The van der Waals surface area contributed by atoms with Crippen molar-refractivity contribution in [1.82, 2.24) is 30.1 Å². The Hall–Kier alpha value is -3.40. The van der Waals surface area contributed by atoms with Gasteiger partial charge in [-0.05, 0) is 63.0 Å².